The topological polar surface area (TPSA) is 43.9 Å². The predicted molar refractivity (Wildman–Crippen MR) is 135 cm³/mol. The molecule has 0 spiro atoms. The molecule has 0 N–H and O–H groups in total. The Balaban J connectivity index is 1.17. The molecule has 174 valence electrons. The van der Waals surface area contributed by atoms with Crippen LogP contribution < -0.4 is 4.90 Å². The van der Waals surface area contributed by atoms with Gasteiger partial charge in [-0.2, -0.15) is 0 Å². The number of piperazine rings is 1. The van der Waals surface area contributed by atoms with Crippen LogP contribution in [-0.2, 0) is 16.0 Å². The van der Waals surface area contributed by atoms with Gasteiger partial charge in [0, 0.05) is 50.7 Å². The lowest BCUT2D eigenvalue weighted by molar-refractivity contribution is -0.133. The number of nitrogens with zero attached hydrogens (tertiary/aromatic N) is 3. The number of para-hydroxylation sites is 1. The van der Waals surface area contributed by atoms with Gasteiger partial charge in [-0.15, -0.1) is 0 Å². The van der Waals surface area contributed by atoms with E-state index in [4.69, 9.17) is 0 Å². The van der Waals surface area contributed by atoms with Crippen molar-refractivity contribution in [3.63, 3.8) is 0 Å². The Kier molecular flexibility index (Phi) is 6.72. The number of carbonyl (C=O) groups is 2. The average Bonchev–Trinajstić information content (AvgIpc) is 3.33. The van der Waals surface area contributed by atoms with Gasteiger partial charge in [-0.1, -0.05) is 78.9 Å². The molecule has 2 heterocycles. The van der Waals surface area contributed by atoms with Crippen LogP contribution in [0.15, 0.2) is 84.9 Å². The number of hydrogen-bond donors (Lipinski definition) is 0. The molecule has 0 saturated carbocycles. The van der Waals surface area contributed by atoms with E-state index in [0.29, 0.717) is 26.1 Å². The van der Waals surface area contributed by atoms with Crippen molar-refractivity contribution in [1.29, 1.82) is 0 Å². The molecule has 5 nitrogen and oxygen atoms in total. The van der Waals surface area contributed by atoms with Crippen molar-refractivity contribution in [2.75, 3.05) is 44.2 Å². The zero-order valence-electron chi connectivity index (χ0n) is 19.5. The summed E-state index contributed by atoms with van der Waals surface area (Å²) < 4.78 is 0. The summed E-state index contributed by atoms with van der Waals surface area (Å²) in [4.78, 5) is 32.3. The summed E-state index contributed by atoms with van der Waals surface area (Å²) in [5.41, 5.74) is 4.63. The quantitative estimate of drug-likeness (QED) is 0.568. The first-order chi connectivity index (χ1) is 16.7. The Morgan fingerprint density at radius 2 is 1.26 bits per heavy atom. The van der Waals surface area contributed by atoms with Crippen molar-refractivity contribution in [1.82, 2.24) is 9.80 Å². The minimum Gasteiger partial charge on any atom is -0.340 e. The Morgan fingerprint density at radius 1 is 0.676 bits per heavy atom. The molecule has 0 unspecified atom stereocenters. The van der Waals surface area contributed by atoms with E-state index >= 15 is 0 Å². The average molecular weight is 454 g/mol. The summed E-state index contributed by atoms with van der Waals surface area (Å²) in [6, 6.07) is 28.7. The smallest absolute Gasteiger partial charge is 0.241 e. The number of rotatable bonds is 6. The molecule has 0 bridgehead atoms. The number of amides is 2. The molecule has 5 heteroatoms. The summed E-state index contributed by atoms with van der Waals surface area (Å²) in [6.07, 6.45) is 1.38. The van der Waals surface area contributed by atoms with E-state index < -0.39 is 0 Å². The van der Waals surface area contributed by atoms with Gasteiger partial charge < -0.3 is 9.80 Å². The summed E-state index contributed by atoms with van der Waals surface area (Å²) in [5, 5.41) is 0. The van der Waals surface area contributed by atoms with E-state index in [2.05, 4.69) is 35.2 Å². The molecular weight excluding hydrogens is 422 g/mol. The van der Waals surface area contributed by atoms with E-state index in [1.54, 1.807) is 0 Å². The van der Waals surface area contributed by atoms with Gasteiger partial charge in [-0.3, -0.25) is 14.5 Å². The first-order valence-electron chi connectivity index (χ1n) is 12.2. The van der Waals surface area contributed by atoms with Crippen molar-refractivity contribution in [2.45, 2.75) is 18.8 Å². The van der Waals surface area contributed by atoms with Gasteiger partial charge in [0.05, 0.1) is 6.54 Å². The first-order valence-corrected chi connectivity index (χ1v) is 12.2. The highest BCUT2D eigenvalue weighted by atomic mass is 16.2. The third kappa shape index (κ3) is 4.90. The maximum absolute atomic E-state index is 13.3. The lowest BCUT2D eigenvalue weighted by Crippen LogP contribution is -2.51. The van der Waals surface area contributed by atoms with Crippen molar-refractivity contribution in [3.05, 3.63) is 102 Å². The van der Waals surface area contributed by atoms with Crippen LogP contribution in [0.4, 0.5) is 5.69 Å². The standard InChI is InChI=1S/C29H31N3O2/c33-28(21-26(23-9-3-1-4-10-23)24-11-5-2-6-12-24)31-19-17-30(18-20-31)22-29(34)32-16-15-25-13-7-8-14-27(25)32/h1-14,26H,15-22H2. The highest BCUT2D eigenvalue weighted by Gasteiger charge is 2.29. The molecule has 2 amide bonds. The number of hydrogen-bond acceptors (Lipinski definition) is 3. The maximum Gasteiger partial charge on any atom is 0.241 e. The third-order valence-electron chi connectivity index (χ3n) is 7.05. The van der Waals surface area contributed by atoms with Crippen molar-refractivity contribution < 1.29 is 9.59 Å². The second-order valence-corrected chi connectivity index (χ2v) is 9.16. The number of benzene rings is 3. The number of anilines is 1. The van der Waals surface area contributed by atoms with Gasteiger partial charge in [0.15, 0.2) is 0 Å². The first kappa shape index (κ1) is 22.4. The van der Waals surface area contributed by atoms with E-state index in [1.165, 1.54) is 5.56 Å². The van der Waals surface area contributed by atoms with Gasteiger partial charge in [0.1, 0.15) is 0 Å². The van der Waals surface area contributed by atoms with Crippen LogP contribution in [0.2, 0.25) is 0 Å². The zero-order chi connectivity index (χ0) is 23.3. The molecule has 5 rings (SSSR count). The Hall–Kier alpha value is -3.44. The van der Waals surface area contributed by atoms with Gasteiger partial charge in [-0.25, -0.2) is 0 Å². The van der Waals surface area contributed by atoms with Crippen LogP contribution in [0.3, 0.4) is 0 Å². The second-order valence-electron chi connectivity index (χ2n) is 9.16. The molecule has 3 aromatic rings. The molecule has 1 saturated heterocycles. The highest BCUT2D eigenvalue weighted by molar-refractivity contribution is 5.96. The van der Waals surface area contributed by atoms with E-state index in [1.807, 2.05) is 64.4 Å². The molecule has 0 aromatic heterocycles. The van der Waals surface area contributed by atoms with Crippen LogP contribution in [0.5, 0.6) is 0 Å². The fourth-order valence-corrected chi connectivity index (χ4v) is 5.13. The van der Waals surface area contributed by atoms with E-state index in [-0.39, 0.29) is 17.7 Å². The summed E-state index contributed by atoms with van der Waals surface area (Å²) in [7, 11) is 0. The van der Waals surface area contributed by atoms with E-state index in [0.717, 1.165) is 42.9 Å². The molecule has 0 aliphatic carbocycles. The molecule has 34 heavy (non-hydrogen) atoms. The Bertz CT molecular complexity index is 1080. The zero-order valence-corrected chi connectivity index (χ0v) is 19.5. The molecule has 0 radical (unpaired) electrons. The third-order valence-corrected chi connectivity index (χ3v) is 7.05. The number of fused-ring (bicyclic) bond motifs is 1. The maximum atomic E-state index is 13.3. The van der Waals surface area contributed by atoms with Crippen LogP contribution in [0.1, 0.15) is 29.0 Å². The van der Waals surface area contributed by atoms with Crippen molar-refractivity contribution in [3.8, 4) is 0 Å². The monoisotopic (exact) mass is 453 g/mol. The van der Waals surface area contributed by atoms with Crippen LogP contribution >= 0.6 is 0 Å². The molecule has 0 atom stereocenters. The minimum atomic E-state index is 0.0461. The molecule has 3 aromatic carbocycles. The summed E-state index contributed by atoms with van der Waals surface area (Å²) in [6.45, 7) is 3.96. The number of carbonyl (C=O) groups excluding carboxylic acids is 2. The fraction of sp³-hybridized carbons (Fsp3) is 0.310. The Morgan fingerprint density at radius 3 is 1.91 bits per heavy atom. The van der Waals surface area contributed by atoms with Crippen molar-refractivity contribution in [2.24, 2.45) is 0 Å². The second kappa shape index (κ2) is 10.2. The molecule has 2 aliphatic heterocycles. The van der Waals surface area contributed by atoms with Crippen LogP contribution in [0.25, 0.3) is 0 Å². The molecule has 1 fully saturated rings. The lowest BCUT2D eigenvalue weighted by Gasteiger charge is -2.35. The summed E-state index contributed by atoms with van der Waals surface area (Å²) in [5.74, 6) is 0.375. The Labute approximate surface area is 201 Å². The van der Waals surface area contributed by atoms with Gasteiger partial charge in [0.2, 0.25) is 11.8 Å². The largest absolute Gasteiger partial charge is 0.340 e. The van der Waals surface area contributed by atoms with Gasteiger partial charge in [0.25, 0.3) is 0 Å². The minimum absolute atomic E-state index is 0.0461. The lowest BCUT2D eigenvalue weighted by atomic mass is 9.88. The SMILES string of the molecule is O=C(CC(c1ccccc1)c1ccccc1)N1CCN(CC(=O)N2CCc3ccccc32)CC1. The van der Waals surface area contributed by atoms with Gasteiger partial charge in [-0.05, 0) is 29.2 Å². The molecular formula is C29H31N3O2. The molecule has 2 aliphatic rings. The van der Waals surface area contributed by atoms with Crippen LogP contribution in [-0.4, -0.2) is 60.9 Å². The van der Waals surface area contributed by atoms with Crippen LogP contribution in [0, 0.1) is 0 Å². The van der Waals surface area contributed by atoms with Crippen molar-refractivity contribution >= 4 is 17.5 Å². The fourth-order valence-electron chi connectivity index (χ4n) is 5.13. The summed E-state index contributed by atoms with van der Waals surface area (Å²) >= 11 is 0. The van der Waals surface area contributed by atoms with Gasteiger partial charge >= 0.3 is 0 Å². The normalized spacial score (nSPS) is 16.0. The highest BCUT2D eigenvalue weighted by Crippen LogP contribution is 2.29. The van der Waals surface area contributed by atoms with E-state index in [9.17, 15) is 9.59 Å². The predicted octanol–water partition coefficient (Wildman–Crippen LogP) is 3.94.